The van der Waals surface area contributed by atoms with E-state index in [4.69, 9.17) is 5.73 Å². The van der Waals surface area contributed by atoms with Gasteiger partial charge in [0.2, 0.25) is 0 Å². The van der Waals surface area contributed by atoms with Gasteiger partial charge in [-0.05, 0) is 30.9 Å². The number of anilines is 2. The van der Waals surface area contributed by atoms with Crippen molar-refractivity contribution in [2.75, 3.05) is 17.6 Å². The molecule has 1 aromatic carbocycles. The van der Waals surface area contributed by atoms with Gasteiger partial charge in [0.05, 0.1) is 11.4 Å². The molecule has 3 N–H and O–H groups in total. The summed E-state index contributed by atoms with van der Waals surface area (Å²) in [4.78, 5) is 0. The van der Waals surface area contributed by atoms with Crippen LogP contribution in [0.3, 0.4) is 0 Å². The van der Waals surface area contributed by atoms with E-state index in [9.17, 15) is 0 Å². The van der Waals surface area contributed by atoms with Crippen LogP contribution in [0, 0.1) is 12.8 Å². The average Bonchev–Trinajstić information content (AvgIpc) is 2.12. The molecule has 0 amide bonds. The van der Waals surface area contributed by atoms with Crippen LogP contribution in [-0.2, 0) is 0 Å². The molecule has 2 heteroatoms. The zero-order valence-corrected chi connectivity index (χ0v) is 9.30. The van der Waals surface area contributed by atoms with Crippen LogP contribution in [0.5, 0.6) is 0 Å². The van der Waals surface area contributed by atoms with Crippen molar-refractivity contribution in [2.45, 2.75) is 27.2 Å². The van der Waals surface area contributed by atoms with Crippen molar-refractivity contribution in [1.82, 2.24) is 0 Å². The molecular formula is C12H20N2. The number of benzene rings is 1. The third-order valence-electron chi connectivity index (χ3n) is 2.36. The van der Waals surface area contributed by atoms with E-state index in [1.54, 1.807) is 0 Å². The highest BCUT2D eigenvalue weighted by atomic mass is 14.9. The van der Waals surface area contributed by atoms with Crippen LogP contribution in [-0.4, -0.2) is 6.54 Å². The lowest BCUT2D eigenvalue weighted by atomic mass is 10.1. The van der Waals surface area contributed by atoms with Crippen LogP contribution < -0.4 is 11.1 Å². The van der Waals surface area contributed by atoms with E-state index in [-0.39, 0.29) is 0 Å². The summed E-state index contributed by atoms with van der Waals surface area (Å²) in [6, 6.07) is 6.09. The molecule has 1 rings (SSSR count). The topological polar surface area (TPSA) is 38.0 Å². The fraction of sp³-hybridized carbons (Fsp3) is 0.500. The zero-order valence-electron chi connectivity index (χ0n) is 9.30. The second-order valence-corrected chi connectivity index (χ2v) is 4.15. The Morgan fingerprint density at radius 1 is 1.36 bits per heavy atom. The maximum absolute atomic E-state index is 5.94. The number of nitrogen functional groups attached to an aromatic ring is 1. The number of hydrogen-bond donors (Lipinski definition) is 2. The largest absolute Gasteiger partial charge is 0.397 e. The van der Waals surface area contributed by atoms with Crippen LogP contribution in [0.2, 0.25) is 0 Å². The Balaban J connectivity index is 2.54. The summed E-state index contributed by atoms with van der Waals surface area (Å²) < 4.78 is 0. The summed E-state index contributed by atoms with van der Waals surface area (Å²) in [5.41, 5.74) is 9.01. The van der Waals surface area contributed by atoms with Crippen molar-refractivity contribution in [1.29, 1.82) is 0 Å². The first kappa shape index (κ1) is 10.9. The minimum Gasteiger partial charge on any atom is -0.397 e. The third kappa shape index (κ3) is 2.95. The van der Waals surface area contributed by atoms with Gasteiger partial charge in [0, 0.05) is 6.54 Å². The molecule has 0 aliphatic heterocycles. The summed E-state index contributed by atoms with van der Waals surface area (Å²) in [6.07, 6.45) is 1.17. The van der Waals surface area contributed by atoms with E-state index >= 15 is 0 Å². The smallest absolute Gasteiger partial charge is 0.0579 e. The molecule has 0 atom stereocenters. The van der Waals surface area contributed by atoms with Crippen molar-refractivity contribution in [3.8, 4) is 0 Å². The summed E-state index contributed by atoms with van der Waals surface area (Å²) in [7, 11) is 0. The molecule has 0 aliphatic carbocycles. The number of nitrogens with two attached hydrogens (primary N) is 1. The molecule has 78 valence electrons. The Morgan fingerprint density at radius 3 is 2.71 bits per heavy atom. The van der Waals surface area contributed by atoms with Crippen molar-refractivity contribution >= 4 is 11.4 Å². The average molecular weight is 192 g/mol. The monoisotopic (exact) mass is 192 g/mol. The quantitative estimate of drug-likeness (QED) is 0.720. The van der Waals surface area contributed by atoms with E-state index in [2.05, 4.69) is 19.2 Å². The SMILES string of the molecule is Cc1cccc(NCCC(C)C)c1N. The first-order chi connectivity index (χ1) is 6.61. The fourth-order valence-electron chi connectivity index (χ4n) is 1.33. The third-order valence-corrected chi connectivity index (χ3v) is 2.36. The number of aryl methyl sites for hydroxylation is 1. The number of rotatable bonds is 4. The molecule has 1 aromatic rings. The molecule has 0 bridgehead atoms. The molecule has 0 saturated heterocycles. The van der Waals surface area contributed by atoms with Gasteiger partial charge in [-0.2, -0.15) is 0 Å². The highest BCUT2D eigenvalue weighted by molar-refractivity contribution is 5.69. The van der Waals surface area contributed by atoms with E-state index in [1.807, 2.05) is 25.1 Å². The molecule has 0 aliphatic rings. The maximum atomic E-state index is 5.94. The zero-order chi connectivity index (χ0) is 10.6. The Hall–Kier alpha value is -1.18. The fourth-order valence-corrected chi connectivity index (χ4v) is 1.33. The molecule has 2 nitrogen and oxygen atoms in total. The molecule has 0 heterocycles. The molecule has 0 aromatic heterocycles. The Labute approximate surface area is 86.5 Å². The van der Waals surface area contributed by atoms with Gasteiger partial charge in [-0.3, -0.25) is 0 Å². The van der Waals surface area contributed by atoms with Gasteiger partial charge >= 0.3 is 0 Å². The molecule has 0 spiro atoms. The van der Waals surface area contributed by atoms with Crippen molar-refractivity contribution in [2.24, 2.45) is 5.92 Å². The molecule has 0 saturated carbocycles. The van der Waals surface area contributed by atoms with Gasteiger partial charge in [-0.15, -0.1) is 0 Å². The van der Waals surface area contributed by atoms with Crippen molar-refractivity contribution in [3.63, 3.8) is 0 Å². The van der Waals surface area contributed by atoms with E-state index in [1.165, 1.54) is 6.42 Å². The Kier molecular flexibility index (Phi) is 3.81. The lowest BCUT2D eigenvalue weighted by Gasteiger charge is -2.11. The van der Waals surface area contributed by atoms with Crippen LogP contribution in [0.25, 0.3) is 0 Å². The van der Waals surface area contributed by atoms with Crippen molar-refractivity contribution in [3.05, 3.63) is 23.8 Å². The number of nitrogens with one attached hydrogen (secondary N) is 1. The minimum atomic E-state index is 0.730. The van der Waals surface area contributed by atoms with Crippen LogP contribution in [0.15, 0.2) is 18.2 Å². The maximum Gasteiger partial charge on any atom is 0.0579 e. The van der Waals surface area contributed by atoms with Gasteiger partial charge in [-0.1, -0.05) is 26.0 Å². The van der Waals surface area contributed by atoms with Crippen molar-refractivity contribution < 1.29 is 0 Å². The van der Waals surface area contributed by atoms with Gasteiger partial charge in [-0.25, -0.2) is 0 Å². The van der Waals surface area contributed by atoms with Crippen LogP contribution >= 0.6 is 0 Å². The Bertz CT molecular complexity index is 292. The lowest BCUT2D eigenvalue weighted by molar-refractivity contribution is 0.607. The standard InChI is InChI=1S/C12H20N2/c1-9(2)7-8-14-11-6-4-5-10(3)12(11)13/h4-6,9,14H,7-8,13H2,1-3H3. The summed E-state index contributed by atoms with van der Waals surface area (Å²) >= 11 is 0. The molecule has 14 heavy (non-hydrogen) atoms. The Morgan fingerprint density at radius 2 is 2.07 bits per heavy atom. The van der Waals surface area contributed by atoms with Gasteiger partial charge in [0.15, 0.2) is 0 Å². The first-order valence-electron chi connectivity index (χ1n) is 5.20. The second kappa shape index (κ2) is 4.89. The second-order valence-electron chi connectivity index (χ2n) is 4.15. The predicted octanol–water partition coefficient (Wildman–Crippen LogP) is 3.04. The lowest BCUT2D eigenvalue weighted by Crippen LogP contribution is -2.07. The van der Waals surface area contributed by atoms with Gasteiger partial charge in [0.1, 0.15) is 0 Å². The summed E-state index contributed by atoms with van der Waals surface area (Å²) in [5.74, 6) is 0.730. The first-order valence-corrected chi connectivity index (χ1v) is 5.20. The highest BCUT2D eigenvalue weighted by Gasteiger charge is 2.00. The van der Waals surface area contributed by atoms with E-state index in [0.29, 0.717) is 0 Å². The van der Waals surface area contributed by atoms with E-state index in [0.717, 1.165) is 29.4 Å². The molecule has 0 fully saturated rings. The number of hydrogen-bond acceptors (Lipinski definition) is 2. The van der Waals surface area contributed by atoms with Gasteiger partial charge < -0.3 is 11.1 Å². The highest BCUT2D eigenvalue weighted by Crippen LogP contribution is 2.21. The van der Waals surface area contributed by atoms with Crippen LogP contribution in [0.1, 0.15) is 25.8 Å². The summed E-state index contributed by atoms with van der Waals surface area (Å²) in [5, 5.41) is 3.36. The molecular weight excluding hydrogens is 172 g/mol. The molecule has 0 radical (unpaired) electrons. The van der Waals surface area contributed by atoms with E-state index < -0.39 is 0 Å². The summed E-state index contributed by atoms with van der Waals surface area (Å²) in [6.45, 7) is 7.47. The predicted molar refractivity (Wildman–Crippen MR) is 63.5 cm³/mol. The normalized spacial score (nSPS) is 10.6. The number of para-hydroxylation sites is 1. The minimum absolute atomic E-state index is 0.730. The molecule has 0 unspecified atom stereocenters. The van der Waals surface area contributed by atoms with Gasteiger partial charge in [0.25, 0.3) is 0 Å². The van der Waals surface area contributed by atoms with Crippen LogP contribution in [0.4, 0.5) is 11.4 Å².